The fourth-order valence-corrected chi connectivity index (χ4v) is 3.54. The molecule has 0 saturated carbocycles. The first kappa shape index (κ1) is 27.9. The topological polar surface area (TPSA) is 113 Å². The highest BCUT2D eigenvalue weighted by Crippen LogP contribution is 2.29. The number of carbonyl (C=O) groups is 2. The number of nitrogens with one attached hydrogen (secondary N) is 2. The molecule has 3 aromatic carbocycles. The van der Waals surface area contributed by atoms with Gasteiger partial charge in [0.25, 0.3) is 11.8 Å². The van der Waals surface area contributed by atoms with Crippen LogP contribution in [0.2, 0.25) is 0 Å². The molecule has 2 N–H and O–H groups in total. The van der Waals surface area contributed by atoms with Crippen LogP contribution in [0.15, 0.2) is 71.8 Å². The molecule has 1 atom stereocenters. The van der Waals surface area contributed by atoms with Crippen LogP contribution in [-0.2, 0) is 11.4 Å². The number of nitrogens with zero attached hydrogens (tertiary/aromatic N) is 2. The Bertz CT molecular complexity index is 1350. The van der Waals surface area contributed by atoms with Crippen molar-refractivity contribution in [2.45, 2.75) is 33.4 Å². The number of hydrogen-bond acceptors (Lipinski definition) is 6. The second-order valence-corrected chi connectivity index (χ2v) is 8.61. The van der Waals surface area contributed by atoms with Crippen LogP contribution < -0.4 is 20.2 Å². The second kappa shape index (κ2) is 13.6. The lowest BCUT2D eigenvalue weighted by molar-refractivity contribution is -0.123. The maximum atomic E-state index is 14.0. The molecule has 3 rings (SSSR count). The van der Waals surface area contributed by atoms with Gasteiger partial charge in [-0.25, -0.2) is 9.82 Å². The Balaban J connectivity index is 1.66. The number of hydrazone groups is 1. The number of ether oxygens (including phenoxy) is 2. The Morgan fingerprint density at radius 3 is 2.50 bits per heavy atom. The van der Waals surface area contributed by atoms with Gasteiger partial charge in [0.1, 0.15) is 18.5 Å². The fraction of sp³-hybridized carbons (Fsp3) is 0.241. The van der Waals surface area contributed by atoms with Gasteiger partial charge in [0, 0.05) is 5.56 Å². The third-order valence-electron chi connectivity index (χ3n) is 5.53. The average Bonchev–Trinajstić information content (AvgIpc) is 2.91. The van der Waals surface area contributed by atoms with Crippen molar-refractivity contribution in [3.63, 3.8) is 0 Å². The molecule has 0 aliphatic rings. The zero-order valence-electron chi connectivity index (χ0n) is 21.4. The summed E-state index contributed by atoms with van der Waals surface area (Å²) in [7, 11) is 0. The number of nitriles is 1. The molecular weight excluding hydrogens is 487 g/mol. The van der Waals surface area contributed by atoms with Gasteiger partial charge in [0.15, 0.2) is 11.5 Å². The van der Waals surface area contributed by atoms with Crippen molar-refractivity contribution in [2.75, 3.05) is 6.61 Å². The summed E-state index contributed by atoms with van der Waals surface area (Å²) < 4.78 is 25.5. The van der Waals surface area contributed by atoms with E-state index in [1.165, 1.54) is 24.4 Å². The quantitative estimate of drug-likeness (QED) is 0.286. The molecule has 0 saturated heterocycles. The molecule has 1 unspecified atom stereocenters. The number of hydrogen-bond donors (Lipinski definition) is 2. The first-order chi connectivity index (χ1) is 18.3. The molecule has 0 fully saturated rings. The van der Waals surface area contributed by atoms with Crippen LogP contribution >= 0.6 is 0 Å². The van der Waals surface area contributed by atoms with Gasteiger partial charge in [0.2, 0.25) is 0 Å². The predicted octanol–water partition coefficient (Wildman–Crippen LogP) is 4.58. The molecular formula is C29H29FN4O4. The van der Waals surface area contributed by atoms with Crippen LogP contribution in [0, 0.1) is 23.1 Å². The molecule has 3 aromatic rings. The summed E-state index contributed by atoms with van der Waals surface area (Å²) in [5.74, 6) is -1.19. The highest BCUT2D eigenvalue weighted by molar-refractivity contribution is 5.98. The van der Waals surface area contributed by atoms with Crippen LogP contribution in [0.1, 0.15) is 47.8 Å². The number of amides is 2. The van der Waals surface area contributed by atoms with Gasteiger partial charge in [-0.1, -0.05) is 44.2 Å². The van der Waals surface area contributed by atoms with E-state index >= 15 is 0 Å². The number of benzene rings is 3. The highest BCUT2D eigenvalue weighted by atomic mass is 19.1. The number of rotatable bonds is 11. The Morgan fingerprint density at radius 2 is 1.79 bits per heavy atom. The third-order valence-corrected chi connectivity index (χ3v) is 5.53. The smallest absolute Gasteiger partial charge is 0.262 e. The number of halogens is 1. The van der Waals surface area contributed by atoms with Crippen molar-refractivity contribution < 1.29 is 23.5 Å². The minimum absolute atomic E-state index is 0.142. The molecule has 0 spiro atoms. The van der Waals surface area contributed by atoms with E-state index in [0.717, 1.165) is 5.56 Å². The molecule has 0 radical (unpaired) electrons. The lowest BCUT2D eigenvalue weighted by atomic mass is 10.0. The van der Waals surface area contributed by atoms with Crippen molar-refractivity contribution >= 4 is 18.0 Å². The van der Waals surface area contributed by atoms with Crippen LogP contribution in [-0.4, -0.2) is 30.7 Å². The van der Waals surface area contributed by atoms with E-state index in [2.05, 4.69) is 21.9 Å². The van der Waals surface area contributed by atoms with E-state index < -0.39 is 23.7 Å². The number of carbonyl (C=O) groups excluding carboxylic acids is 2. The van der Waals surface area contributed by atoms with Crippen LogP contribution in [0.3, 0.4) is 0 Å². The molecule has 0 bridgehead atoms. The Labute approximate surface area is 221 Å². The van der Waals surface area contributed by atoms with E-state index in [1.807, 2.05) is 19.1 Å². The molecule has 0 aliphatic carbocycles. The predicted molar refractivity (Wildman–Crippen MR) is 141 cm³/mol. The van der Waals surface area contributed by atoms with E-state index in [-0.39, 0.29) is 18.1 Å². The Hall–Kier alpha value is -4.71. The molecule has 0 aromatic heterocycles. The zero-order chi connectivity index (χ0) is 27.5. The first-order valence-corrected chi connectivity index (χ1v) is 12.1. The van der Waals surface area contributed by atoms with E-state index in [4.69, 9.17) is 9.47 Å². The lowest BCUT2D eigenvalue weighted by Gasteiger charge is -2.20. The fourth-order valence-electron chi connectivity index (χ4n) is 3.54. The van der Waals surface area contributed by atoms with Crippen molar-refractivity contribution in [3.8, 4) is 17.6 Å². The van der Waals surface area contributed by atoms with Crippen LogP contribution in [0.5, 0.6) is 11.5 Å². The Morgan fingerprint density at radius 1 is 1.05 bits per heavy atom. The van der Waals surface area contributed by atoms with E-state index in [1.54, 1.807) is 50.2 Å². The summed E-state index contributed by atoms with van der Waals surface area (Å²) in [6.07, 6.45) is 1.44. The first-order valence-electron chi connectivity index (χ1n) is 12.1. The maximum Gasteiger partial charge on any atom is 0.262 e. The second-order valence-electron chi connectivity index (χ2n) is 8.61. The largest absolute Gasteiger partial charge is 0.490 e. The SMILES string of the molecule is CCOc1cc(C=NNC(=O)C(NC(=O)c2ccccc2F)C(C)C)ccc1OCc1ccccc1C#N. The summed E-state index contributed by atoms with van der Waals surface area (Å²) in [6, 6.07) is 19.1. The normalized spacial score (nSPS) is 11.6. The monoisotopic (exact) mass is 516 g/mol. The van der Waals surface area contributed by atoms with Gasteiger partial charge in [-0.05, 0) is 54.8 Å². The zero-order valence-corrected chi connectivity index (χ0v) is 21.4. The minimum Gasteiger partial charge on any atom is -0.490 e. The molecule has 8 nitrogen and oxygen atoms in total. The molecule has 0 aliphatic heterocycles. The molecule has 9 heteroatoms. The maximum absolute atomic E-state index is 14.0. The Kier molecular flexibility index (Phi) is 9.94. The summed E-state index contributed by atoms with van der Waals surface area (Å²) in [5, 5.41) is 15.8. The summed E-state index contributed by atoms with van der Waals surface area (Å²) in [4.78, 5) is 25.2. The summed E-state index contributed by atoms with van der Waals surface area (Å²) >= 11 is 0. The van der Waals surface area contributed by atoms with Crippen molar-refractivity contribution in [2.24, 2.45) is 11.0 Å². The van der Waals surface area contributed by atoms with Crippen molar-refractivity contribution in [1.29, 1.82) is 5.26 Å². The van der Waals surface area contributed by atoms with Crippen molar-refractivity contribution in [3.05, 3.63) is 94.8 Å². The molecule has 0 heterocycles. The van der Waals surface area contributed by atoms with Crippen LogP contribution in [0.25, 0.3) is 0 Å². The minimum atomic E-state index is -0.926. The van der Waals surface area contributed by atoms with Gasteiger partial charge in [0.05, 0.1) is 30.0 Å². The standard InChI is InChI=1S/C29H29FN4O4/c1-4-37-26-15-20(13-14-25(26)38-18-22-10-6-5-9-21(22)16-31)17-32-34-29(36)27(19(2)3)33-28(35)23-11-7-8-12-24(23)30/h5-15,17,19,27H,4,18H2,1-3H3,(H,33,35)(H,34,36). The van der Waals surface area contributed by atoms with Gasteiger partial charge in [-0.2, -0.15) is 10.4 Å². The average molecular weight is 517 g/mol. The molecule has 38 heavy (non-hydrogen) atoms. The summed E-state index contributed by atoms with van der Waals surface area (Å²) in [5.41, 5.74) is 4.21. The van der Waals surface area contributed by atoms with Gasteiger partial charge >= 0.3 is 0 Å². The van der Waals surface area contributed by atoms with Gasteiger partial charge in [-0.3, -0.25) is 9.59 Å². The lowest BCUT2D eigenvalue weighted by Crippen LogP contribution is -2.48. The van der Waals surface area contributed by atoms with Crippen molar-refractivity contribution in [1.82, 2.24) is 10.7 Å². The van der Waals surface area contributed by atoms with Gasteiger partial charge in [-0.15, -0.1) is 0 Å². The van der Waals surface area contributed by atoms with E-state index in [9.17, 15) is 19.2 Å². The van der Waals surface area contributed by atoms with Gasteiger partial charge < -0.3 is 14.8 Å². The molecule has 2 amide bonds. The highest BCUT2D eigenvalue weighted by Gasteiger charge is 2.25. The van der Waals surface area contributed by atoms with Crippen LogP contribution in [0.4, 0.5) is 4.39 Å². The third kappa shape index (κ3) is 7.40. The molecule has 196 valence electrons. The summed E-state index contributed by atoms with van der Waals surface area (Å²) in [6.45, 7) is 5.97. The van der Waals surface area contributed by atoms with E-state index in [0.29, 0.717) is 29.2 Å².